The first-order valence-electron chi connectivity index (χ1n) is 5.86. The molecule has 1 aromatic rings. The van der Waals surface area contributed by atoms with E-state index < -0.39 is 23.3 Å². The van der Waals surface area contributed by atoms with Crippen molar-refractivity contribution in [3.63, 3.8) is 0 Å². The summed E-state index contributed by atoms with van der Waals surface area (Å²) in [5.41, 5.74) is 3.89. The van der Waals surface area contributed by atoms with Gasteiger partial charge in [-0.3, -0.25) is 0 Å². The highest BCUT2D eigenvalue weighted by molar-refractivity contribution is 6.05. The van der Waals surface area contributed by atoms with Crippen LogP contribution in [0.4, 0.5) is 4.39 Å². The van der Waals surface area contributed by atoms with Crippen molar-refractivity contribution in [2.45, 2.75) is 19.4 Å². The van der Waals surface area contributed by atoms with Gasteiger partial charge in [0.25, 0.3) is 0 Å². The van der Waals surface area contributed by atoms with Gasteiger partial charge in [0.05, 0.1) is 13.2 Å². The third kappa shape index (κ3) is 3.08. The molecule has 104 valence electrons. The van der Waals surface area contributed by atoms with Crippen LogP contribution >= 0.6 is 0 Å². The van der Waals surface area contributed by atoms with Crippen LogP contribution in [0.5, 0.6) is 0 Å². The summed E-state index contributed by atoms with van der Waals surface area (Å²) in [5.74, 6) is -2.36. The number of hydrogen-bond acceptors (Lipinski definition) is 5. The Labute approximate surface area is 110 Å². The Bertz CT molecular complexity index is 440. The smallest absolute Gasteiger partial charge is 0.342 e. The van der Waals surface area contributed by atoms with Gasteiger partial charge in [-0.1, -0.05) is 12.1 Å². The Morgan fingerprint density at radius 1 is 1.11 bits per heavy atom. The molecular formula is C13H16FNO4. The molecule has 0 amide bonds. The lowest BCUT2D eigenvalue weighted by Crippen LogP contribution is -2.53. The van der Waals surface area contributed by atoms with E-state index in [-0.39, 0.29) is 18.8 Å². The van der Waals surface area contributed by atoms with E-state index in [0.717, 1.165) is 12.1 Å². The van der Waals surface area contributed by atoms with Crippen LogP contribution in [-0.2, 0) is 24.6 Å². The van der Waals surface area contributed by atoms with Gasteiger partial charge in [0.2, 0.25) is 5.54 Å². The molecule has 0 saturated carbocycles. The molecule has 1 aromatic carbocycles. The quantitative estimate of drug-likeness (QED) is 0.640. The zero-order chi connectivity index (χ0) is 14.5. The number of esters is 2. The van der Waals surface area contributed by atoms with Crippen LogP contribution in [0, 0.1) is 5.82 Å². The molecule has 19 heavy (non-hydrogen) atoms. The summed E-state index contributed by atoms with van der Waals surface area (Å²) in [4.78, 5) is 23.8. The van der Waals surface area contributed by atoms with E-state index in [0.29, 0.717) is 0 Å². The van der Waals surface area contributed by atoms with Crippen LogP contribution in [0.15, 0.2) is 24.3 Å². The Morgan fingerprint density at radius 2 is 1.53 bits per heavy atom. The number of carbonyl (C=O) groups is 2. The summed E-state index contributed by atoms with van der Waals surface area (Å²) >= 11 is 0. The van der Waals surface area contributed by atoms with Crippen LogP contribution in [0.1, 0.15) is 19.4 Å². The number of benzene rings is 1. The number of rotatable bonds is 5. The van der Waals surface area contributed by atoms with Crippen molar-refractivity contribution in [1.82, 2.24) is 0 Å². The number of hydrogen-bond donors (Lipinski definition) is 1. The minimum absolute atomic E-state index is 0.0678. The molecule has 0 fully saturated rings. The average Bonchev–Trinajstić information content (AvgIpc) is 2.39. The molecule has 0 aromatic heterocycles. The summed E-state index contributed by atoms with van der Waals surface area (Å²) < 4.78 is 22.5. The van der Waals surface area contributed by atoms with E-state index in [2.05, 4.69) is 0 Å². The van der Waals surface area contributed by atoms with Crippen molar-refractivity contribution in [1.29, 1.82) is 0 Å². The van der Waals surface area contributed by atoms with Gasteiger partial charge in [-0.15, -0.1) is 0 Å². The molecule has 2 N–H and O–H groups in total. The largest absolute Gasteiger partial charge is 0.464 e. The number of halogens is 1. The Hall–Kier alpha value is -1.95. The highest BCUT2D eigenvalue weighted by Crippen LogP contribution is 2.22. The third-order valence-electron chi connectivity index (χ3n) is 2.49. The normalized spacial score (nSPS) is 10.9. The lowest BCUT2D eigenvalue weighted by molar-refractivity contribution is -0.164. The molecule has 0 aliphatic rings. The molecule has 0 saturated heterocycles. The Balaban J connectivity index is 3.21. The summed E-state index contributed by atoms with van der Waals surface area (Å²) in [5, 5.41) is 0. The average molecular weight is 269 g/mol. The van der Waals surface area contributed by atoms with E-state index in [4.69, 9.17) is 15.2 Å². The first-order valence-corrected chi connectivity index (χ1v) is 5.86. The monoisotopic (exact) mass is 269 g/mol. The molecule has 0 aliphatic carbocycles. The van der Waals surface area contributed by atoms with Gasteiger partial charge in [0.1, 0.15) is 5.82 Å². The first kappa shape index (κ1) is 15.1. The van der Waals surface area contributed by atoms with Crippen molar-refractivity contribution in [3.8, 4) is 0 Å². The second-order valence-electron chi connectivity index (χ2n) is 3.76. The molecule has 0 atom stereocenters. The van der Waals surface area contributed by atoms with Crippen molar-refractivity contribution >= 4 is 11.9 Å². The minimum atomic E-state index is -2.08. The number of nitrogens with two attached hydrogens (primary N) is 1. The van der Waals surface area contributed by atoms with Crippen molar-refractivity contribution in [3.05, 3.63) is 35.6 Å². The van der Waals surface area contributed by atoms with Gasteiger partial charge in [0, 0.05) is 0 Å². The molecule has 0 radical (unpaired) electrons. The topological polar surface area (TPSA) is 78.6 Å². The maximum Gasteiger partial charge on any atom is 0.342 e. The first-order chi connectivity index (χ1) is 8.96. The SMILES string of the molecule is CCOC(=O)C(N)(C(=O)OCC)c1ccc(F)cc1. The van der Waals surface area contributed by atoms with Crippen molar-refractivity contribution < 1.29 is 23.5 Å². The van der Waals surface area contributed by atoms with Crippen LogP contribution in [0.3, 0.4) is 0 Å². The highest BCUT2D eigenvalue weighted by atomic mass is 19.1. The molecule has 0 spiro atoms. The van der Waals surface area contributed by atoms with Gasteiger partial charge < -0.3 is 15.2 Å². The van der Waals surface area contributed by atoms with Crippen molar-refractivity contribution in [2.24, 2.45) is 5.73 Å². The molecular weight excluding hydrogens is 253 g/mol. The lowest BCUT2D eigenvalue weighted by atomic mass is 9.91. The second-order valence-corrected chi connectivity index (χ2v) is 3.76. The predicted octanol–water partition coefficient (Wildman–Crippen LogP) is 1.11. The third-order valence-corrected chi connectivity index (χ3v) is 2.49. The van der Waals surface area contributed by atoms with E-state index in [1.807, 2.05) is 0 Å². The zero-order valence-corrected chi connectivity index (χ0v) is 10.8. The maximum atomic E-state index is 12.9. The van der Waals surface area contributed by atoms with E-state index in [9.17, 15) is 14.0 Å². The maximum absolute atomic E-state index is 12.9. The molecule has 0 bridgehead atoms. The second kappa shape index (κ2) is 6.29. The number of carbonyl (C=O) groups excluding carboxylic acids is 2. The van der Waals surface area contributed by atoms with E-state index >= 15 is 0 Å². The molecule has 0 unspecified atom stereocenters. The highest BCUT2D eigenvalue weighted by Gasteiger charge is 2.47. The summed E-state index contributed by atoms with van der Waals surface area (Å²) in [6.45, 7) is 3.32. The standard InChI is InChI=1S/C13H16FNO4/c1-3-18-11(16)13(15,12(17)19-4-2)9-5-7-10(14)8-6-9/h5-8H,3-4,15H2,1-2H3. The van der Waals surface area contributed by atoms with Crippen LogP contribution in [-0.4, -0.2) is 25.2 Å². The Morgan fingerprint density at radius 3 is 1.89 bits per heavy atom. The van der Waals surface area contributed by atoms with Gasteiger partial charge >= 0.3 is 11.9 Å². The molecule has 6 heteroatoms. The van der Waals surface area contributed by atoms with Gasteiger partial charge in [-0.2, -0.15) is 0 Å². The fourth-order valence-corrected chi connectivity index (χ4v) is 1.52. The van der Waals surface area contributed by atoms with Gasteiger partial charge in [-0.25, -0.2) is 14.0 Å². The molecule has 0 heterocycles. The summed E-state index contributed by atoms with van der Waals surface area (Å²) in [7, 11) is 0. The fraction of sp³-hybridized carbons (Fsp3) is 0.385. The predicted molar refractivity (Wildman–Crippen MR) is 65.5 cm³/mol. The zero-order valence-electron chi connectivity index (χ0n) is 10.8. The fourth-order valence-electron chi connectivity index (χ4n) is 1.52. The number of ether oxygens (including phenoxy) is 2. The molecule has 1 rings (SSSR count). The van der Waals surface area contributed by atoms with Crippen LogP contribution in [0.25, 0.3) is 0 Å². The lowest BCUT2D eigenvalue weighted by Gasteiger charge is -2.25. The van der Waals surface area contributed by atoms with E-state index in [1.54, 1.807) is 13.8 Å². The molecule has 5 nitrogen and oxygen atoms in total. The van der Waals surface area contributed by atoms with Crippen molar-refractivity contribution in [2.75, 3.05) is 13.2 Å². The summed E-state index contributed by atoms with van der Waals surface area (Å²) in [6, 6.07) is 4.72. The molecule has 0 aliphatic heterocycles. The van der Waals surface area contributed by atoms with Crippen LogP contribution < -0.4 is 5.73 Å². The minimum Gasteiger partial charge on any atom is -0.464 e. The van der Waals surface area contributed by atoms with E-state index in [1.165, 1.54) is 12.1 Å². The van der Waals surface area contributed by atoms with Gasteiger partial charge in [-0.05, 0) is 31.5 Å². The Kier molecular flexibility index (Phi) is 5.00. The van der Waals surface area contributed by atoms with Crippen LogP contribution in [0.2, 0.25) is 0 Å². The van der Waals surface area contributed by atoms with Gasteiger partial charge in [0.15, 0.2) is 0 Å². The summed E-state index contributed by atoms with van der Waals surface area (Å²) in [6.07, 6.45) is 0.